The monoisotopic (exact) mass is 215 g/mol. The maximum Gasteiger partial charge on any atom is 1.00 e. The van der Waals surface area contributed by atoms with Gasteiger partial charge in [-0.1, -0.05) is 0 Å². The summed E-state index contributed by atoms with van der Waals surface area (Å²) in [5.74, 6) is 0. The van der Waals surface area contributed by atoms with Gasteiger partial charge in [-0.05, 0) is 6.44 Å². The summed E-state index contributed by atoms with van der Waals surface area (Å²) in [7, 11) is 0. The van der Waals surface area contributed by atoms with Gasteiger partial charge in [-0.15, -0.1) is 0 Å². The second-order valence-electron chi connectivity index (χ2n) is 2.44. The molecule has 0 aliphatic rings. The Morgan fingerprint density at radius 1 is 1.23 bits per heavy atom. The van der Waals surface area contributed by atoms with Crippen LogP contribution in [-0.4, -0.2) is 11.5 Å². The molecule has 0 saturated heterocycles. The Morgan fingerprint density at radius 2 is 1.69 bits per heavy atom. The van der Waals surface area contributed by atoms with Crippen molar-refractivity contribution in [1.29, 1.82) is 0 Å². The number of hydrogen-bond acceptors (Lipinski definition) is 1. The van der Waals surface area contributed by atoms with E-state index in [1.807, 2.05) is 0 Å². The molecule has 0 aliphatic heterocycles. The van der Waals surface area contributed by atoms with Crippen LogP contribution in [0.5, 0.6) is 0 Å². The van der Waals surface area contributed by atoms with Crippen LogP contribution in [0.1, 0.15) is 0 Å². The van der Waals surface area contributed by atoms with Gasteiger partial charge in [0.2, 0.25) is 0 Å². The third-order valence-corrected chi connectivity index (χ3v) is 1.28. The molecule has 0 unspecified atom stereocenters. The van der Waals surface area contributed by atoms with E-state index in [4.69, 9.17) is 0 Å². The Hall–Kier alpha value is 0.441. The number of hydrogen-bond donors (Lipinski definition) is 0. The summed E-state index contributed by atoms with van der Waals surface area (Å²) in [4.78, 5) is 10.5. The van der Waals surface area contributed by atoms with Crippen LogP contribution in [0.15, 0.2) is 29.3 Å². The molecular weight excluding hydrogens is 209 g/mol. The zero-order valence-electron chi connectivity index (χ0n) is 7.08. The molecule has 0 aliphatic carbocycles. The molecule has 0 N–H and O–H groups in total. The van der Waals surface area contributed by atoms with Gasteiger partial charge in [0.15, 0.2) is 5.43 Å². The Morgan fingerprint density at radius 3 is 2.08 bits per heavy atom. The van der Waals surface area contributed by atoms with Crippen LogP contribution in [-0.2, 0) is 6.44 Å². The summed E-state index contributed by atoms with van der Waals surface area (Å²) in [6.45, 7) is -4.83. The fourth-order valence-electron chi connectivity index (χ4n) is 0.804. The molecule has 7 heteroatoms. The Labute approximate surface area is 116 Å². The molecule has 2 nitrogen and oxygen atoms in total. The van der Waals surface area contributed by atoms with Crippen LogP contribution in [0.4, 0.5) is 12.9 Å². The van der Waals surface area contributed by atoms with Crippen LogP contribution < -0.4 is 56.8 Å². The number of aromatic nitrogens is 1. The van der Waals surface area contributed by atoms with Gasteiger partial charge in [0.05, 0.1) is 0 Å². The second-order valence-corrected chi connectivity index (χ2v) is 2.44. The molecule has 0 fully saturated rings. The molecule has 0 amide bonds. The minimum Gasteiger partial charge on any atom is -0.448 e. The Bertz CT molecular complexity index is 304. The van der Waals surface area contributed by atoms with Gasteiger partial charge in [-0.3, -0.25) is 4.79 Å². The molecule has 1 heterocycles. The van der Waals surface area contributed by atoms with E-state index in [1.165, 1.54) is 0 Å². The minimum atomic E-state index is -4.83. The van der Waals surface area contributed by atoms with Crippen molar-refractivity contribution in [1.82, 2.24) is 4.57 Å². The van der Waals surface area contributed by atoms with Crippen molar-refractivity contribution < 1.29 is 64.3 Å². The van der Waals surface area contributed by atoms with Crippen molar-refractivity contribution in [2.75, 3.05) is 0 Å². The number of nitrogens with zero attached hydrogens (tertiary/aromatic N) is 1. The van der Waals surface area contributed by atoms with Crippen molar-refractivity contribution in [2.45, 2.75) is 6.44 Å². The van der Waals surface area contributed by atoms with Crippen LogP contribution in [0.25, 0.3) is 0 Å². The van der Waals surface area contributed by atoms with E-state index in [2.05, 4.69) is 0 Å². The summed E-state index contributed by atoms with van der Waals surface area (Å²) in [6, 6.07) is 2.20. The van der Waals surface area contributed by atoms with Crippen molar-refractivity contribution >= 4 is 6.98 Å². The molecule has 13 heavy (non-hydrogen) atoms. The molecule has 0 aromatic carbocycles. The first-order chi connectivity index (χ1) is 5.47. The molecule has 0 radical (unpaired) electrons. The summed E-state index contributed by atoms with van der Waals surface area (Å²) >= 11 is 0. The Balaban J connectivity index is 0.00000144. The maximum atomic E-state index is 11.8. The molecule has 0 spiro atoms. The maximum absolute atomic E-state index is 11.8. The normalized spacial score (nSPS) is 10.7. The van der Waals surface area contributed by atoms with Gasteiger partial charge in [0.25, 0.3) is 0 Å². The van der Waals surface area contributed by atoms with E-state index in [0.29, 0.717) is 0 Å². The quantitative estimate of drug-likeness (QED) is 0.535. The van der Waals surface area contributed by atoms with Gasteiger partial charge in [-0.25, -0.2) is 0 Å². The predicted octanol–water partition coefficient (Wildman–Crippen LogP) is -1.76. The first kappa shape index (κ1) is 13.4. The van der Waals surface area contributed by atoms with E-state index >= 15 is 0 Å². The summed E-state index contributed by atoms with van der Waals surface area (Å²) in [6.07, 6.45) is 1.25. The van der Waals surface area contributed by atoms with E-state index < -0.39 is 13.4 Å². The average Bonchev–Trinajstić information content (AvgIpc) is 1.91. The van der Waals surface area contributed by atoms with E-state index in [9.17, 15) is 17.7 Å². The first-order valence-electron chi connectivity index (χ1n) is 3.34. The molecule has 1 aromatic rings. The van der Waals surface area contributed by atoms with Crippen molar-refractivity contribution in [3.63, 3.8) is 0 Å². The van der Waals surface area contributed by atoms with Crippen LogP contribution in [0.3, 0.4) is 0 Å². The van der Waals surface area contributed by atoms with E-state index in [0.717, 1.165) is 29.1 Å². The van der Waals surface area contributed by atoms with Crippen LogP contribution in [0.2, 0.25) is 0 Å². The summed E-state index contributed by atoms with van der Waals surface area (Å²) < 4.78 is 36.3. The van der Waals surface area contributed by atoms with Gasteiger partial charge in [0.1, 0.15) is 0 Å². The van der Waals surface area contributed by atoms with Gasteiger partial charge in [0, 0.05) is 24.5 Å². The van der Waals surface area contributed by atoms with Gasteiger partial charge in [-0.2, -0.15) is 0 Å². The van der Waals surface area contributed by atoms with Crippen molar-refractivity contribution in [3.05, 3.63) is 34.7 Å². The van der Waals surface area contributed by atoms with Crippen LogP contribution >= 0.6 is 0 Å². The largest absolute Gasteiger partial charge is 1.00 e. The number of halogens is 3. The second kappa shape index (κ2) is 5.35. The van der Waals surface area contributed by atoms with Crippen LogP contribution in [0, 0.1) is 0 Å². The third-order valence-electron chi connectivity index (χ3n) is 1.28. The Kier molecular flexibility index (Phi) is 5.54. The molecule has 0 saturated carbocycles. The molecule has 0 atom stereocenters. The molecule has 0 bridgehead atoms. The summed E-state index contributed by atoms with van der Waals surface area (Å²) in [5.41, 5.74) is -0.291. The number of rotatable bonds is 2. The standard InChI is InChI=1S/C6H6BF3NO.K/c8-7(9,10)5-11-3-1-6(12)2-4-11;/h1-4H,5H2;/q-1;+1. The first-order valence-corrected chi connectivity index (χ1v) is 3.34. The SMILES string of the molecule is O=c1ccn(C[B-](F)(F)F)cc1.[K+]. The van der Waals surface area contributed by atoms with E-state index in [1.54, 1.807) is 0 Å². The fraction of sp³-hybridized carbons (Fsp3) is 0.167. The van der Waals surface area contributed by atoms with Gasteiger partial charge < -0.3 is 17.5 Å². The molecule has 66 valence electrons. The predicted molar refractivity (Wildman–Crippen MR) is 39.8 cm³/mol. The molecule has 1 rings (SSSR count). The fourth-order valence-corrected chi connectivity index (χ4v) is 0.804. The average molecular weight is 215 g/mol. The third kappa shape index (κ3) is 5.69. The molecule has 1 aromatic heterocycles. The van der Waals surface area contributed by atoms with Gasteiger partial charge >= 0.3 is 58.4 Å². The topological polar surface area (TPSA) is 22.0 Å². The van der Waals surface area contributed by atoms with Crippen molar-refractivity contribution in [2.24, 2.45) is 0 Å². The minimum absolute atomic E-state index is 0. The summed E-state index contributed by atoms with van der Waals surface area (Å²) in [5, 5.41) is 0. The zero-order chi connectivity index (χ0) is 9.19. The number of pyridine rings is 1. The zero-order valence-corrected chi connectivity index (χ0v) is 10.2. The smallest absolute Gasteiger partial charge is 0.448 e. The van der Waals surface area contributed by atoms with E-state index in [-0.39, 0.29) is 56.8 Å². The van der Waals surface area contributed by atoms with Crippen molar-refractivity contribution in [3.8, 4) is 0 Å². The molecular formula is C6H6BF3KNO.